The molecule has 0 aliphatic heterocycles. The number of rotatable bonds is 13. The molecule has 3 aromatic carbocycles. The molecule has 0 unspecified atom stereocenters. The summed E-state index contributed by atoms with van der Waals surface area (Å²) in [7, 11) is 0. The smallest absolute Gasteiger partial charge is 0.271 e. The van der Waals surface area contributed by atoms with Crippen molar-refractivity contribution < 1.29 is 14.5 Å². The van der Waals surface area contributed by atoms with Crippen LogP contribution in [0.1, 0.15) is 43.0 Å². The van der Waals surface area contributed by atoms with Crippen molar-refractivity contribution in [2.45, 2.75) is 0 Å². The number of nitrogens with zero attached hydrogens (tertiary/aromatic N) is 5. The summed E-state index contributed by atoms with van der Waals surface area (Å²) in [6.45, 7) is 0. The van der Waals surface area contributed by atoms with E-state index in [1.165, 1.54) is 49.1 Å². The molecule has 0 saturated carbocycles. The third-order valence-corrected chi connectivity index (χ3v) is 5.72. The van der Waals surface area contributed by atoms with E-state index in [1.807, 2.05) is 0 Å². The van der Waals surface area contributed by atoms with E-state index in [9.17, 15) is 19.7 Å². The van der Waals surface area contributed by atoms with Gasteiger partial charge in [-0.05, 0) is 64.7 Å². The summed E-state index contributed by atoms with van der Waals surface area (Å²) in [5.74, 6) is -3.33. The molecule has 51 heavy (non-hydrogen) atoms. The minimum Gasteiger partial charge on any atom is -0.369 e. The number of hydrogen-bond donors (Lipinski definition) is 14. The Morgan fingerprint density at radius 1 is 0.549 bits per heavy atom. The third-order valence-electron chi connectivity index (χ3n) is 5.72. The Kier molecular flexibility index (Phi) is 12.9. The summed E-state index contributed by atoms with van der Waals surface area (Å²) in [6.07, 6.45) is 5.17. The van der Waals surface area contributed by atoms with Crippen LogP contribution in [0.15, 0.2) is 75.0 Å². The van der Waals surface area contributed by atoms with Gasteiger partial charge in [0.2, 0.25) is 23.8 Å². The Morgan fingerprint density at radius 3 is 1.10 bits per heavy atom. The molecule has 2 amide bonds. The fourth-order valence-corrected chi connectivity index (χ4v) is 3.89. The highest BCUT2D eigenvalue weighted by Gasteiger charge is 2.19. The lowest BCUT2D eigenvalue weighted by Gasteiger charge is -2.11. The van der Waals surface area contributed by atoms with Crippen LogP contribution < -0.4 is 55.3 Å². The van der Waals surface area contributed by atoms with Gasteiger partial charge in [-0.1, -0.05) is 0 Å². The fourth-order valence-electron chi connectivity index (χ4n) is 3.89. The van der Waals surface area contributed by atoms with Crippen molar-refractivity contribution in [3.05, 3.63) is 98.1 Å². The maximum absolute atomic E-state index is 13.4. The van der Waals surface area contributed by atoms with E-state index in [2.05, 4.69) is 52.7 Å². The number of amides is 2. The van der Waals surface area contributed by atoms with Crippen molar-refractivity contribution in [1.82, 2.24) is 21.7 Å². The Hall–Kier alpha value is -8.24. The number of nitrogens with two attached hydrogens (primary N) is 4. The number of guanidine groups is 4. The Morgan fingerprint density at radius 2 is 0.843 bits per heavy atom. The lowest BCUT2D eigenvalue weighted by Crippen LogP contribution is -2.25. The molecule has 0 heterocycles. The monoisotopic (exact) mass is 697 g/mol. The number of nitro groups is 1. The van der Waals surface area contributed by atoms with E-state index < -0.39 is 46.3 Å². The van der Waals surface area contributed by atoms with Gasteiger partial charge in [0, 0.05) is 34.6 Å². The van der Waals surface area contributed by atoms with Crippen LogP contribution in [0.25, 0.3) is 0 Å². The second kappa shape index (κ2) is 17.6. The number of nitrogens with one attached hydrogen (secondary N) is 10. The number of carbonyl (C=O) groups is 2. The van der Waals surface area contributed by atoms with E-state index in [4.69, 9.17) is 44.6 Å². The van der Waals surface area contributed by atoms with Crippen molar-refractivity contribution in [2.75, 3.05) is 10.6 Å². The van der Waals surface area contributed by atoms with Gasteiger partial charge in [0.15, 0.2) is 0 Å². The van der Waals surface area contributed by atoms with Gasteiger partial charge in [-0.2, -0.15) is 20.4 Å². The average Bonchev–Trinajstić information content (AvgIpc) is 3.03. The normalized spacial score (nSPS) is 11.0. The Labute approximate surface area is 287 Å². The van der Waals surface area contributed by atoms with E-state index in [1.54, 1.807) is 12.1 Å². The molecule has 0 aliphatic rings. The van der Waals surface area contributed by atoms with Gasteiger partial charge < -0.3 is 33.6 Å². The highest BCUT2D eigenvalue weighted by Crippen LogP contribution is 2.22. The molecular formula is C28H31N19O4. The van der Waals surface area contributed by atoms with Crippen LogP contribution in [0.5, 0.6) is 0 Å². The van der Waals surface area contributed by atoms with Crippen molar-refractivity contribution in [2.24, 2.45) is 43.3 Å². The minimum atomic E-state index is -0.818. The molecule has 0 fully saturated rings. The largest absolute Gasteiger partial charge is 0.369 e. The van der Waals surface area contributed by atoms with Crippen LogP contribution in [0.4, 0.5) is 17.1 Å². The summed E-state index contributed by atoms with van der Waals surface area (Å²) >= 11 is 0. The first kappa shape index (κ1) is 37.2. The molecule has 18 N–H and O–H groups in total. The van der Waals surface area contributed by atoms with Crippen molar-refractivity contribution >= 4 is 77.6 Å². The Bertz CT molecular complexity index is 1780. The quantitative estimate of drug-likeness (QED) is 0.0459. The van der Waals surface area contributed by atoms with Gasteiger partial charge in [-0.15, -0.1) is 0 Å². The van der Waals surface area contributed by atoms with Crippen molar-refractivity contribution in [3.8, 4) is 0 Å². The summed E-state index contributed by atoms with van der Waals surface area (Å²) in [5, 5.41) is 61.2. The van der Waals surface area contributed by atoms with Gasteiger partial charge in [-0.3, -0.25) is 41.3 Å². The second-order valence-corrected chi connectivity index (χ2v) is 9.85. The molecule has 0 aliphatic carbocycles. The second-order valence-electron chi connectivity index (χ2n) is 9.85. The van der Waals surface area contributed by atoms with Gasteiger partial charge >= 0.3 is 0 Å². The van der Waals surface area contributed by atoms with E-state index in [0.29, 0.717) is 22.3 Å². The molecule has 262 valence electrons. The van der Waals surface area contributed by atoms with Crippen LogP contribution in [0.2, 0.25) is 0 Å². The molecule has 0 bridgehead atoms. The standard InChI is InChI=1S/C28H31N19O4/c29-25(30)43-37-10-14-1-15(11-38-44-26(31)32)4-20(3-14)41-23(48)18-7-19(9-22(8-18)47(50)51)24(49)42-21-5-16(12-39-45-27(33)34)2-17(6-21)13-40-46-28(35)36/h1-13H,(H,41,48)(H,42,49)(H4,29,30,43)(H4,31,32,44)(H4,33,34,45)(H4,35,36,46)/b37-10-,38-11-,39-12-,40-13+. The molecule has 0 spiro atoms. The maximum atomic E-state index is 13.4. The number of hydrogen-bond acceptors (Lipinski definition) is 12. The zero-order valence-corrected chi connectivity index (χ0v) is 26.2. The van der Waals surface area contributed by atoms with Crippen LogP contribution >= 0.6 is 0 Å². The number of carbonyl (C=O) groups excluding carboxylic acids is 2. The summed E-state index contributed by atoms with van der Waals surface area (Å²) < 4.78 is 0. The fraction of sp³-hybridized carbons (Fsp3) is 0. The predicted molar refractivity (Wildman–Crippen MR) is 192 cm³/mol. The van der Waals surface area contributed by atoms with Crippen molar-refractivity contribution in [3.63, 3.8) is 0 Å². The number of benzene rings is 3. The zero-order chi connectivity index (χ0) is 37.5. The summed E-state index contributed by atoms with van der Waals surface area (Å²) in [5.41, 5.74) is 30.9. The highest BCUT2D eigenvalue weighted by atomic mass is 16.6. The van der Waals surface area contributed by atoms with Gasteiger partial charge in [0.1, 0.15) is 0 Å². The van der Waals surface area contributed by atoms with Crippen LogP contribution in [0, 0.1) is 31.8 Å². The minimum absolute atomic E-state index is 0.180. The molecule has 3 rings (SSSR count). The first-order chi connectivity index (χ1) is 24.2. The van der Waals surface area contributed by atoms with Crippen LogP contribution in [-0.2, 0) is 0 Å². The first-order valence-corrected chi connectivity index (χ1v) is 13.9. The maximum Gasteiger partial charge on any atom is 0.271 e. The molecule has 0 atom stereocenters. The van der Waals surface area contributed by atoms with Gasteiger partial charge in [-0.25, -0.2) is 21.7 Å². The summed E-state index contributed by atoms with van der Waals surface area (Å²) in [6, 6.07) is 12.2. The summed E-state index contributed by atoms with van der Waals surface area (Å²) in [4.78, 5) is 37.8. The lowest BCUT2D eigenvalue weighted by molar-refractivity contribution is -0.384. The zero-order valence-electron chi connectivity index (χ0n) is 26.2. The third kappa shape index (κ3) is 12.8. The SMILES string of the molecule is N=C(N)N/N=C\c1cc(/C=N\NC(=N)N)cc(NC(=O)c2cc(C(=O)Nc3cc(/C=N\NC(=N)N)cc(/C=N/NC(=N)N)c3)cc([N+](=O)[O-])c2)c1. The number of non-ortho nitro benzene ring substituents is 1. The molecule has 0 saturated heterocycles. The molecule has 0 aromatic heterocycles. The van der Waals surface area contributed by atoms with Crippen LogP contribution in [-0.4, -0.2) is 65.4 Å². The molecule has 23 nitrogen and oxygen atoms in total. The lowest BCUT2D eigenvalue weighted by atomic mass is 10.1. The van der Waals surface area contributed by atoms with Crippen LogP contribution in [0.3, 0.4) is 0 Å². The molecule has 0 radical (unpaired) electrons. The van der Waals surface area contributed by atoms with E-state index in [-0.39, 0.29) is 22.5 Å². The highest BCUT2D eigenvalue weighted by molar-refractivity contribution is 6.10. The van der Waals surface area contributed by atoms with E-state index in [0.717, 1.165) is 18.2 Å². The molecule has 23 heteroatoms. The van der Waals surface area contributed by atoms with Gasteiger partial charge in [0.05, 0.1) is 29.8 Å². The van der Waals surface area contributed by atoms with Crippen molar-refractivity contribution in [1.29, 1.82) is 21.6 Å². The number of anilines is 2. The number of hydrazone groups is 4. The Balaban J connectivity index is 1.96. The number of nitro benzene ring substituents is 1. The van der Waals surface area contributed by atoms with Gasteiger partial charge in [0.25, 0.3) is 17.5 Å². The topological polar surface area (TPSA) is 398 Å². The molecular weight excluding hydrogens is 666 g/mol. The predicted octanol–water partition coefficient (Wildman–Crippen LogP) is -0.633. The molecule has 3 aromatic rings. The first-order valence-electron chi connectivity index (χ1n) is 13.9. The van der Waals surface area contributed by atoms with E-state index >= 15 is 0 Å². The average molecular weight is 698 g/mol.